The van der Waals surface area contributed by atoms with Crippen LogP contribution in [0.4, 0.5) is 0 Å². The van der Waals surface area contributed by atoms with Crippen molar-refractivity contribution in [3.63, 3.8) is 0 Å². The molecule has 1 aliphatic heterocycles. The van der Waals surface area contributed by atoms with E-state index in [2.05, 4.69) is 23.1 Å². The standard InChI is InChI=1S/C19H27Cl2N5O/c1-3-4-5-8-16(2)13-26-15-17(27)14-25(12-7-10-21)19(24-26)18(22)23-11-6-9-20/h4-8,11-12H,3,9-10,13-15H2,1-2H3,(H2,22,23)/b5-4-,11-6+,12-7+,16-8+. The Labute approximate surface area is 171 Å². The summed E-state index contributed by atoms with van der Waals surface area (Å²) in [6.07, 6.45) is 13.7. The summed E-state index contributed by atoms with van der Waals surface area (Å²) in [5.41, 5.74) is 7.19. The molecule has 0 saturated heterocycles. The Balaban J connectivity index is 3.17. The highest BCUT2D eigenvalue weighted by Crippen LogP contribution is 2.08. The van der Waals surface area contributed by atoms with Crippen LogP contribution in [0.15, 0.2) is 58.4 Å². The van der Waals surface area contributed by atoms with Crippen molar-refractivity contribution in [1.29, 1.82) is 0 Å². The Kier molecular flexibility index (Phi) is 11.2. The van der Waals surface area contributed by atoms with Crippen molar-refractivity contribution in [3.05, 3.63) is 48.4 Å². The molecule has 0 amide bonds. The molecule has 0 spiro atoms. The van der Waals surface area contributed by atoms with Crippen molar-refractivity contribution in [3.8, 4) is 0 Å². The average molecular weight is 412 g/mol. The van der Waals surface area contributed by atoms with Gasteiger partial charge in [0.15, 0.2) is 17.5 Å². The fourth-order valence-corrected chi connectivity index (χ4v) is 2.42. The smallest absolute Gasteiger partial charge is 0.195 e. The molecule has 0 unspecified atom stereocenters. The van der Waals surface area contributed by atoms with Crippen LogP contribution in [0.1, 0.15) is 20.3 Å². The number of nitrogens with zero attached hydrogens (tertiary/aromatic N) is 4. The van der Waals surface area contributed by atoms with Crippen molar-refractivity contribution in [2.24, 2.45) is 15.8 Å². The lowest BCUT2D eigenvalue weighted by molar-refractivity contribution is -0.119. The lowest BCUT2D eigenvalue weighted by Gasteiger charge is -2.20. The molecule has 1 rings (SSSR count). The lowest BCUT2D eigenvalue weighted by atomic mass is 10.2. The summed E-state index contributed by atoms with van der Waals surface area (Å²) in [7, 11) is 0. The molecule has 1 aliphatic rings. The number of carbonyl (C=O) groups is 1. The van der Waals surface area contributed by atoms with E-state index in [0.717, 1.165) is 12.0 Å². The Morgan fingerprint density at radius 3 is 2.67 bits per heavy atom. The summed E-state index contributed by atoms with van der Waals surface area (Å²) in [5.74, 6) is 1.27. The van der Waals surface area contributed by atoms with Crippen LogP contribution in [0.25, 0.3) is 0 Å². The first-order valence-electron chi connectivity index (χ1n) is 8.73. The monoisotopic (exact) mass is 411 g/mol. The first-order chi connectivity index (χ1) is 13.0. The summed E-state index contributed by atoms with van der Waals surface area (Å²) >= 11 is 11.4. The summed E-state index contributed by atoms with van der Waals surface area (Å²) < 4.78 is 0. The van der Waals surface area contributed by atoms with Gasteiger partial charge >= 0.3 is 0 Å². The van der Waals surface area contributed by atoms with Gasteiger partial charge in [-0.25, -0.2) is 4.99 Å². The van der Waals surface area contributed by atoms with Gasteiger partial charge in [-0.05, 0) is 13.3 Å². The third kappa shape index (κ3) is 8.93. The lowest BCUT2D eigenvalue weighted by Crippen LogP contribution is -2.39. The molecule has 0 aromatic rings. The molecule has 0 radical (unpaired) electrons. The maximum Gasteiger partial charge on any atom is 0.195 e. The SMILES string of the molecule is CC/C=C\C=C(/C)CN1CC(=O)CN(/C=C/CCl)C(C(N)=N/C=C/CCl)=N1. The van der Waals surface area contributed by atoms with Crippen LogP contribution in [-0.2, 0) is 4.79 Å². The Hall–Kier alpha value is -2.05. The second-order valence-corrected chi connectivity index (χ2v) is 6.47. The van der Waals surface area contributed by atoms with E-state index in [4.69, 9.17) is 28.9 Å². The van der Waals surface area contributed by atoms with Crippen LogP contribution < -0.4 is 5.73 Å². The predicted octanol–water partition coefficient (Wildman–Crippen LogP) is 3.26. The zero-order valence-corrected chi connectivity index (χ0v) is 17.3. The van der Waals surface area contributed by atoms with Gasteiger partial charge in [0.1, 0.15) is 0 Å². The van der Waals surface area contributed by atoms with Crippen molar-refractivity contribution < 1.29 is 4.79 Å². The molecule has 0 aromatic carbocycles. The number of allylic oxidation sites excluding steroid dienone is 5. The third-order valence-electron chi connectivity index (χ3n) is 3.41. The van der Waals surface area contributed by atoms with Crippen LogP contribution in [0.5, 0.6) is 0 Å². The Bertz CT molecular complexity index is 665. The Morgan fingerprint density at radius 2 is 2.00 bits per heavy atom. The van der Waals surface area contributed by atoms with E-state index in [9.17, 15) is 4.79 Å². The van der Waals surface area contributed by atoms with E-state index < -0.39 is 0 Å². The topological polar surface area (TPSA) is 74.3 Å². The van der Waals surface area contributed by atoms with Gasteiger partial charge in [0.2, 0.25) is 0 Å². The van der Waals surface area contributed by atoms with E-state index in [1.54, 1.807) is 28.3 Å². The highest BCUT2D eigenvalue weighted by molar-refractivity contribution is 6.40. The molecule has 0 aliphatic carbocycles. The van der Waals surface area contributed by atoms with E-state index in [1.165, 1.54) is 6.20 Å². The predicted molar refractivity (Wildman–Crippen MR) is 115 cm³/mol. The fourth-order valence-electron chi connectivity index (χ4n) is 2.26. The molecule has 148 valence electrons. The number of aliphatic imine (C=N–C) groups is 1. The minimum atomic E-state index is 0.0222. The highest BCUT2D eigenvalue weighted by Gasteiger charge is 2.23. The molecule has 0 saturated carbocycles. The maximum absolute atomic E-state index is 12.4. The zero-order chi connectivity index (χ0) is 20.1. The highest BCUT2D eigenvalue weighted by atomic mass is 35.5. The van der Waals surface area contributed by atoms with Gasteiger partial charge in [0.25, 0.3) is 0 Å². The minimum Gasteiger partial charge on any atom is -0.381 e. The molecular formula is C19H27Cl2N5O. The second-order valence-electron chi connectivity index (χ2n) is 5.85. The van der Waals surface area contributed by atoms with E-state index >= 15 is 0 Å². The maximum atomic E-state index is 12.4. The molecule has 27 heavy (non-hydrogen) atoms. The molecule has 0 fully saturated rings. The van der Waals surface area contributed by atoms with Gasteiger partial charge in [-0.3, -0.25) is 9.80 Å². The van der Waals surface area contributed by atoms with Gasteiger partial charge < -0.3 is 10.6 Å². The number of Topliss-reactive ketones (excluding diaryl/α,β-unsaturated/α-hetero) is 1. The summed E-state index contributed by atoms with van der Waals surface area (Å²) in [6.45, 7) is 4.93. The van der Waals surface area contributed by atoms with Crippen molar-refractivity contribution in [2.75, 3.05) is 31.4 Å². The minimum absolute atomic E-state index is 0.0222. The van der Waals surface area contributed by atoms with Crippen LogP contribution >= 0.6 is 23.2 Å². The summed E-state index contributed by atoms with van der Waals surface area (Å²) in [6, 6.07) is 0. The van der Waals surface area contributed by atoms with E-state index in [-0.39, 0.29) is 24.7 Å². The van der Waals surface area contributed by atoms with Crippen molar-refractivity contribution in [2.45, 2.75) is 20.3 Å². The number of amidine groups is 2. The number of ketones is 1. The number of nitrogens with two attached hydrogens (primary N) is 1. The summed E-state index contributed by atoms with van der Waals surface area (Å²) in [4.78, 5) is 18.2. The molecular weight excluding hydrogens is 385 g/mol. The molecule has 2 N–H and O–H groups in total. The van der Waals surface area contributed by atoms with Gasteiger partial charge in [-0.2, -0.15) is 5.10 Å². The molecule has 0 bridgehead atoms. The average Bonchev–Trinajstić information content (AvgIpc) is 2.78. The van der Waals surface area contributed by atoms with Crippen molar-refractivity contribution >= 4 is 40.7 Å². The first kappa shape index (κ1) is 23.0. The van der Waals surface area contributed by atoms with Gasteiger partial charge in [0, 0.05) is 24.2 Å². The number of rotatable bonds is 9. The summed E-state index contributed by atoms with van der Waals surface area (Å²) in [5, 5.41) is 6.28. The fraction of sp³-hybridized carbons (Fsp3) is 0.421. The van der Waals surface area contributed by atoms with E-state index in [1.807, 2.05) is 19.1 Å². The number of carbonyl (C=O) groups excluding carboxylic acids is 1. The molecule has 8 heteroatoms. The number of alkyl halides is 2. The Morgan fingerprint density at radius 1 is 1.26 bits per heavy atom. The molecule has 1 heterocycles. The molecule has 0 aromatic heterocycles. The van der Waals surface area contributed by atoms with Crippen molar-refractivity contribution in [1.82, 2.24) is 9.91 Å². The van der Waals surface area contributed by atoms with Gasteiger partial charge in [0.05, 0.1) is 19.6 Å². The number of halogens is 2. The number of hydrogen-bond donors (Lipinski definition) is 1. The number of hydrogen-bond acceptors (Lipinski definition) is 5. The zero-order valence-electron chi connectivity index (χ0n) is 15.8. The third-order valence-corrected chi connectivity index (χ3v) is 3.77. The normalized spacial score (nSPS) is 17.5. The van der Waals surface area contributed by atoms with Gasteiger partial charge in [-0.1, -0.05) is 42.9 Å². The van der Waals surface area contributed by atoms with E-state index in [0.29, 0.717) is 24.1 Å². The van der Waals surface area contributed by atoms with Crippen LogP contribution in [-0.4, -0.2) is 58.8 Å². The molecule has 6 nitrogen and oxygen atoms in total. The van der Waals surface area contributed by atoms with Crippen LogP contribution in [0.2, 0.25) is 0 Å². The second kappa shape index (κ2) is 13.2. The van der Waals surface area contributed by atoms with Gasteiger partial charge in [-0.15, -0.1) is 23.2 Å². The molecule has 0 atom stereocenters. The van der Waals surface area contributed by atoms with Crippen LogP contribution in [0, 0.1) is 0 Å². The van der Waals surface area contributed by atoms with Crippen LogP contribution in [0.3, 0.4) is 0 Å². The first-order valence-corrected chi connectivity index (χ1v) is 9.80. The number of hydrazone groups is 1. The largest absolute Gasteiger partial charge is 0.381 e. The quantitative estimate of drug-likeness (QED) is 0.273.